The van der Waals surface area contributed by atoms with E-state index in [1.807, 2.05) is 0 Å². The molecule has 0 aromatic carbocycles. The molecule has 3 nitrogen and oxygen atoms in total. The summed E-state index contributed by atoms with van der Waals surface area (Å²) in [4.78, 5) is 9.22. The van der Waals surface area contributed by atoms with Gasteiger partial charge in [0, 0.05) is 6.04 Å². The van der Waals surface area contributed by atoms with Crippen LogP contribution in [0.25, 0.3) is 0 Å². The van der Waals surface area contributed by atoms with Gasteiger partial charge < -0.3 is 5.32 Å². The Hall–Kier alpha value is -0.120. The van der Waals surface area contributed by atoms with E-state index in [9.17, 15) is 0 Å². The molecule has 1 rings (SSSR count). The van der Waals surface area contributed by atoms with E-state index in [2.05, 4.69) is 10.2 Å². The topological polar surface area (TPSA) is 30.5 Å². The van der Waals surface area contributed by atoms with Crippen LogP contribution in [-0.2, 0) is 9.78 Å². The summed E-state index contributed by atoms with van der Waals surface area (Å²) >= 11 is 0. The molecule has 0 aromatic rings. The second-order valence-electron chi connectivity index (χ2n) is 2.24. The first-order valence-electron chi connectivity index (χ1n) is 3.32. The Morgan fingerprint density at radius 1 is 1.67 bits per heavy atom. The maximum Gasteiger partial charge on any atom is 0.0975 e. The van der Waals surface area contributed by atoms with Crippen molar-refractivity contribution in [1.29, 1.82) is 0 Å². The van der Waals surface area contributed by atoms with Crippen molar-refractivity contribution in [2.45, 2.75) is 18.9 Å². The first-order valence-corrected chi connectivity index (χ1v) is 3.32. The zero-order chi connectivity index (χ0) is 6.53. The zero-order valence-corrected chi connectivity index (χ0v) is 5.72. The van der Waals surface area contributed by atoms with Crippen LogP contribution >= 0.6 is 0 Å². The molecule has 1 N–H and O–H groups in total. The Balaban J connectivity index is 1.98. The smallest absolute Gasteiger partial charge is 0.0975 e. The normalized spacial score (nSPS) is 27.0. The van der Waals surface area contributed by atoms with E-state index in [1.54, 1.807) is 0 Å². The van der Waals surface area contributed by atoms with Crippen LogP contribution in [0.15, 0.2) is 0 Å². The number of nitrogens with one attached hydrogen (secondary N) is 1. The minimum absolute atomic E-state index is 0.518. The average molecular weight is 131 g/mol. The summed E-state index contributed by atoms with van der Waals surface area (Å²) in [5.74, 6) is 0. The van der Waals surface area contributed by atoms with E-state index in [-0.39, 0.29) is 0 Å². The van der Waals surface area contributed by atoms with Crippen molar-refractivity contribution in [1.82, 2.24) is 5.32 Å². The SMILES string of the molecule is COOC[C@@H]1CCCN1. The van der Waals surface area contributed by atoms with Crippen molar-refractivity contribution in [3.63, 3.8) is 0 Å². The molecule has 3 heteroatoms. The van der Waals surface area contributed by atoms with E-state index < -0.39 is 0 Å². The van der Waals surface area contributed by atoms with E-state index in [1.165, 1.54) is 20.0 Å². The molecule has 1 aliphatic rings. The van der Waals surface area contributed by atoms with E-state index >= 15 is 0 Å². The molecule has 1 saturated heterocycles. The monoisotopic (exact) mass is 131 g/mol. The molecule has 0 aliphatic carbocycles. The third-order valence-corrected chi connectivity index (χ3v) is 1.55. The summed E-state index contributed by atoms with van der Waals surface area (Å²) in [5.41, 5.74) is 0. The van der Waals surface area contributed by atoms with E-state index in [0.717, 1.165) is 6.54 Å². The Morgan fingerprint density at radius 3 is 3.11 bits per heavy atom. The summed E-state index contributed by atoms with van der Waals surface area (Å²) in [5, 5.41) is 3.29. The second kappa shape index (κ2) is 3.82. The van der Waals surface area contributed by atoms with Gasteiger partial charge in [-0.05, 0) is 19.4 Å². The van der Waals surface area contributed by atoms with Crippen LogP contribution in [0.4, 0.5) is 0 Å². The quantitative estimate of drug-likeness (QED) is 0.442. The molecule has 0 saturated carbocycles. The summed E-state index contributed by atoms with van der Waals surface area (Å²) < 4.78 is 0. The fourth-order valence-corrected chi connectivity index (χ4v) is 1.05. The molecule has 0 aromatic heterocycles. The highest BCUT2D eigenvalue weighted by atomic mass is 17.2. The predicted molar refractivity (Wildman–Crippen MR) is 34.0 cm³/mol. The van der Waals surface area contributed by atoms with Gasteiger partial charge in [-0.3, -0.25) is 0 Å². The van der Waals surface area contributed by atoms with E-state index in [4.69, 9.17) is 4.89 Å². The maximum atomic E-state index is 4.75. The molecule has 1 atom stereocenters. The largest absolute Gasteiger partial charge is 0.312 e. The molecule has 0 bridgehead atoms. The number of rotatable bonds is 3. The summed E-state index contributed by atoms with van der Waals surface area (Å²) in [7, 11) is 1.54. The Kier molecular flexibility index (Phi) is 2.97. The van der Waals surface area contributed by atoms with Gasteiger partial charge in [-0.25, -0.2) is 9.78 Å². The maximum absolute atomic E-state index is 4.75. The van der Waals surface area contributed by atoms with Gasteiger partial charge >= 0.3 is 0 Å². The van der Waals surface area contributed by atoms with Gasteiger partial charge in [-0.15, -0.1) is 0 Å². The van der Waals surface area contributed by atoms with Crippen LogP contribution in [0.1, 0.15) is 12.8 Å². The van der Waals surface area contributed by atoms with Crippen molar-refractivity contribution in [3.8, 4) is 0 Å². The molecule has 0 spiro atoms. The van der Waals surface area contributed by atoms with Gasteiger partial charge in [-0.2, -0.15) is 0 Å². The van der Waals surface area contributed by atoms with Crippen LogP contribution in [-0.4, -0.2) is 26.3 Å². The zero-order valence-electron chi connectivity index (χ0n) is 5.72. The van der Waals surface area contributed by atoms with Crippen molar-refractivity contribution in [2.75, 3.05) is 20.3 Å². The Morgan fingerprint density at radius 2 is 2.56 bits per heavy atom. The molecule has 54 valence electrons. The molecule has 9 heavy (non-hydrogen) atoms. The van der Waals surface area contributed by atoms with Crippen LogP contribution in [0.5, 0.6) is 0 Å². The van der Waals surface area contributed by atoms with Crippen LogP contribution in [0.3, 0.4) is 0 Å². The standard InChI is InChI=1S/C6H13NO2/c1-8-9-5-6-3-2-4-7-6/h6-7H,2-5H2,1H3/t6-/m0/s1. The lowest BCUT2D eigenvalue weighted by Gasteiger charge is -2.06. The van der Waals surface area contributed by atoms with Crippen LogP contribution in [0.2, 0.25) is 0 Å². The van der Waals surface area contributed by atoms with Crippen molar-refractivity contribution < 1.29 is 9.78 Å². The molecule has 1 aliphatic heterocycles. The van der Waals surface area contributed by atoms with Crippen LogP contribution in [0, 0.1) is 0 Å². The van der Waals surface area contributed by atoms with E-state index in [0.29, 0.717) is 12.6 Å². The minimum atomic E-state index is 0.518. The van der Waals surface area contributed by atoms with Gasteiger partial charge in [0.05, 0.1) is 13.7 Å². The highest BCUT2D eigenvalue weighted by molar-refractivity contribution is 4.72. The summed E-state index contributed by atoms with van der Waals surface area (Å²) in [6.07, 6.45) is 2.47. The first-order chi connectivity index (χ1) is 4.43. The molecule has 0 unspecified atom stereocenters. The summed E-state index contributed by atoms with van der Waals surface area (Å²) in [6, 6.07) is 0.518. The highest BCUT2D eigenvalue weighted by Gasteiger charge is 2.13. The fraction of sp³-hybridized carbons (Fsp3) is 1.00. The van der Waals surface area contributed by atoms with Crippen molar-refractivity contribution >= 4 is 0 Å². The highest BCUT2D eigenvalue weighted by Crippen LogP contribution is 2.04. The molecular formula is C6H13NO2. The predicted octanol–water partition coefficient (Wildman–Crippen LogP) is 0.316. The minimum Gasteiger partial charge on any atom is -0.312 e. The first kappa shape index (κ1) is 6.99. The van der Waals surface area contributed by atoms with Gasteiger partial charge in [0.2, 0.25) is 0 Å². The van der Waals surface area contributed by atoms with Crippen LogP contribution < -0.4 is 5.32 Å². The van der Waals surface area contributed by atoms with Gasteiger partial charge in [0.15, 0.2) is 0 Å². The third kappa shape index (κ3) is 2.30. The average Bonchev–Trinajstić information content (AvgIpc) is 2.34. The van der Waals surface area contributed by atoms with Crippen molar-refractivity contribution in [3.05, 3.63) is 0 Å². The Labute approximate surface area is 55.3 Å². The van der Waals surface area contributed by atoms with Gasteiger partial charge in [0.1, 0.15) is 0 Å². The lowest BCUT2D eigenvalue weighted by Crippen LogP contribution is -2.26. The molecule has 1 fully saturated rings. The number of hydrogen-bond donors (Lipinski definition) is 1. The molecule has 0 radical (unpaired) electrons. The second-order valence-corrected chi connectivity index (χ2v) is 2.24. The third-order valence-electron chi connectivity index (χ3n) is 1.55. The fourth-order valence-electron chi connectivity index (χ4n) is 1.05. The van der Waals surface area contributed by atoms with Gasteiger partial charge in [-0.1, -0.05) is 0 Å². The lowest BCUT2D eigenvalue weighted by atomic mass is 10.2. The van der Waals surface area contributed by atoms with Gasteiger partial charge in [0.25, 0.3) is 0 Å². The summed E-state index contributed by atoms with van der Waals surface area (Å²) in [6.45, 7) is 1.80. The lowest BCUT2D eigenvalue weighted by molar-refractivity contribution is -0.275. The molecule has 1 heterocycles. The molecular weight excluding hydrogens is 118 g/mol. The molecule has 0 amide bonds. The number of hydrogen-bond acceptors (Lipinski definition) is 3. The Bertz CT molecular complexity index is 71.5. The van der Waals surface area contributed by atoms with Crippen molar-refractivity contribution in [2.24, 2.45) is 0 Å².